The maximum Gasteiger partial charge on any atom is 0.326 e. The lowest BCUT2D eigenvalue weighted by Gasteiger charge is -2.24. The van der Waals surface area contributed by atoms with Crippen molar-refractivity contribution in [1.82, 2.24) is 4.90 Å². The van der Waals surface area contributed by atoms with Crippen LogP contribution < -0.4 is 0 Å². The summed E-state index contributed by atoms with van der Waals surface area (Å²) in [7, 11) is 0. The molecule has 1 saturated heterocycles. The Morgan fingerprint density at radius 1 is 1.00 bits per heavy atom. The van der Waals surface area contributed by atoms with Gasteiger partial charge in [0.2, 0.25) is 11.8 Å². The average molecular weight is 255 g/mol. The highest BCUT2D eigenvalue weighted by Crippen LogP contribution is 2.15. The number of amides is 2. The van der Waals surface area contributed by atoms with E-state index in [2.05, 4.69) is 0 Å². The molecule has 0 radical (unpaired) electrons. The lowest BCUT2D eigenvalue weighted by molar-refractivity contribution is -0.157. The molecule has 5 nitrogen and oxygen atoms in total. The van der Waals surface area contributed by atoms with Crippen LogP contribution in [0.15, 0.2) is 0 Å². The van der Waals surface area contributed by atoms with Crippen molar-refractivity contribution in [2.24, 2.45) is 0 Å². The van der Waals surface area contributed by atoms with E-state index in [0.29, 0.717) is 0 Å². The fraction of sp³-hybridized carbons (Fsp3) is 0.769. The lowest BCUT2D eigenvalue weighted by Crippen LogP contribution is -2.47. The Bertz CT molecular complexity index is 305. The maximum absolute atomic E-state index is 11.9. The van der Waals surface area contributed by atoms with E-state index < -0.39 is 12.0 Å². The second-order valence-electron chi connectivity index (χ2n) is 4.79. The predicted octanol–water partition coefficient (Wildman–Crippen LogP) is 1.95. The second-order valence-corrected chi connectivity index (χ2v) is 4.79. The highest BCUT2D eigenvalue weighted by molar-refractivity contribution is 5.99. The molecule has 0 aromatic carbocycles. The smallest absolute Gasteiger partial charge is 0.326 e. The highest BCUT2D eigenvalue weighted by atomic mass is 16.4. The lowest BCUT2D eigenvalue weighted by atomic mass is 10.1. The topological polar surface area (TPSA) is 74.7 Å². The van der Waals surface area contributed by atoms with Crippen LogP contribution >= 0.6 is 0 Å². The molecule has 0 aromatic rings. The number of imide groups is 1. The van der Waals surface area contributed by atoms with Gasteiger partial charge in [-0.15, -0.1) is 0 Å². The average Bonchev–Trinajstić information content (AvgIpc) is 2.34. The number of hydrogen-bond donors (Lipinski definition) is 1. The van der Waals surface area contributed by atoms with E-state index in [9.17, 15) is 14.4 Å². The van der Waals surface area contributed by atoms with E-state index in [0.717, 1.165) is 43.4 Å². The fourth-order valence-electron chi connectivity index (χ4n) is 2.18. The molecule has 1 atom stereocenters. The molecule has 1 heterocycles. The number of carboxylic acids is 1. The van der Waals surface area contributed by atoms with Crippen LogP contribution in [-0.2, 0) is 14.4 Å². The molecule has 0 unspecified atom stereocenters. The van der Waals surface area contributed by atoms with Crippen LogP contribution in [0, 0.1) is 0 Å². The van der Waals surface area contributed by atoms with Gasteiger partial charge in [0.1, 0.15) is 6.04 Å². The largest absolute Gasteiger partial charge is 0.480 e. The molecule has 0 spiro atoms. The van der Waals surface area contributed by atoms with Crippen molar-refractivity contribution in [1.29, 1.82) is 0 Å². The molecule has 18 heavy (non-hydrogen) atoms. The third kappa shape index (κ3) is 4.13. The molecule has 5 heteroatoms. The zero-order valence-electron chi connectivity index (χ0n) is 10.9. The van der Waals surface area contributed by atoms with Gasteiger partial charge in [-0.1, -0.05) is 25.7 Å². The summed E-state index contributed by atoms with van der Waals surface area (Å²) in [4.78, 5) is 35.8. The Kier molecular flexibility index (Phi) is 5.82. The number of carboxylic acid groups (broad SMARTS) is 1. The van der Waals surface area contributed by atoms with Gasteiger partial charge in [-0.25, -0.2) is 4.79 Å². The van der Waals surface area contributed by atoms with Gasteiger partial charge < -0.3 is 5.11 Å². The zero-order valence-corrected chi connectivity index (χ0v) is 10.9. The van der Waals surface area contributed by atoms with E-state index in [1.165, 1.54) is 6.92 Å². The van der Waals surface area contributed by atoms with E-state index in [1.807, 2.05) is 0 Å². The first-order valence-corrected chi connectivity index (χ1v) is 6.61. The summed E-state index contributed by atoms with van der Waals surface area (Å²) >= 11 is 0. The normalized spacial score (nSPS) is 21.3. The minimum atomic E-state index is -1.13. The van der Waals surface area contributed by atoms with Crippen molar-refractivity contribution >= 4 is 17.8 Å². The van der Waals surface area contributed by atoms with Crippen LogP contribution in [0.1, 0.15) is 58.3 Å². The SMILES string of the molecule is C[C@@H](C(=O)O)N1C(=O)CCCCCCCCC1=O. The van der Waals surface area contributed by atoms with Crippen LogP contribution in [0.5, 0.6) is 0 Å². The van der Waals surface area contributed by atoms with Gasteiger partial charge in [-0.2, -0.15) is 0 Å². The van der Waals surface area contributed by atoms with Crippen molar-refractivity contribution < 1.29 is 19.5 Å². The summed E-state index contributed by atoms with van der Waals surface area (Å²) in [6.45, 7) is 1.39. The van der Waals surface area contributed by atoms with Crippen molar-refractivity contribution in [3.63, 3.8) is 0 Å². The molecule has 2 amide bonds. The molecule has 0 bridgehead atoms. The summed E-state index contributed by atoms with van der Waals surface area (Å²) in [6, 6.07) is -1.06. The van der Waals surface area contributed by atoms with Gasteiger partial charge >= 0.3 is 5.97 Å². The summed E-state index contributed by atoms with van der Waals surface area (Å²) in [6.07, 6.45) is 6.09. The van der Waals surface area contributed by atoms with Gasteiger partial charge in [-0.05, 0) is 19.8 Å². The molecule has 102 valence electrons. The Morgan fingerprint density at radius 3 is 1.78 bits per heavy atom. The number of carbonyl (C=O) groups is 3. The third-order valence-electron chi connectivity index (χ3n) is 3.31. The first-order valence-electron chi connectivity index (χ1n) is 6.61. The van der Waals surface area contributed by atoms with Gasteiger partial charge in [0.25, 0.3) is 0 Å². The molecular formula is C13H21NO4. The Labute approximate surface area is 107 Å². The number of nitrogens with zero attached hydrogens (tertiary/aromatic N) is 1. The summed E-state index contributed by atoms with van der Waals surface area (Å²) in [5.74, 6) is -1.83. The van der Waals surface area contributed by atoms with E-state index in [-0.39, 0.29) is 24.7 Å². The Morgan fingerprint density at radius 2 is 1.39 bits per heavy atom. The maximum atomic E-state index is 11.9. The summed E-state index contributed by atoms with van der Waals surface area (Å²) < 4.78 is 0. The quantitative estimate of drug-likeness (QED) is 0.765. The van der Waals surface area contributed by atoms with Crippen LogP contribution in [0.4, 0.5) is 0 Å². The van der Waals surface area contributed by atoms with Gasteiger partial charge in [-0.3, -0.25) is 14.5 Å². The van der Waals surface area contributed by atoms with Crippen LogP contribution in [0.2, 0.25) is 0 Å². The number of hydrogen-bond acceptors (Lipinski definition) is 3. The van der Waals surface area contributed by atoms with Crippen LogP contribution in [0.25, 0.3) is 0 Å². The first kappa shape index (κ1) is 14.7. The molecule has 0 saturated carbocycles. The molecule has 1 N–H and O–H groups in total. The minimum absolute atomic E-state index is 0.267. The Balaban J connectivity index is 2.79. The number of aliphatic carboxylic acids is 1. The third-order valence-corrected chi connectivity index (χ3v) is 3.31. The van der Waals surface area contributed by atoms with E-state index in [1.54, 1.807) is 0 Å². The molecule has 1 aliphatic heterocycles. The molecule has 1 rings (SSSR count). The molecule has 0 aliphatic carbocycles. The summed E-state index contributed by atoms with van der Waals surface area (Å²) in [5, 5.41) is 8.97. The first-order chi connectivity index (χ1) is 8.54. The molecule has 1 aliphatic rings. The van der Waals surface area contributed by atoms with E-state index in [4.69, 9.17) is 5.11 Å². The molecular weight excluding hydrogens is 234 g/mol. The van der Waals surface area contributed by atoms with Crippen LogP contribution in [0.3, 0.4) is 0 Å². The monoisotopic (exact) mass is 255 g/mol. The van der Waals surface area contributed by atoms with Crippen molar-refractivity contribution in [2.45, 2.75) is 64.3 Å². The minimum Gasteiger partial charge on any atom is -0.480 e. The van der Waals surface area contributed by atoms with Crippen molar-refractivity contribution in [3.8, 4) is 0 Å². The van der Waals surface area contributed by atoms with Gasteiger partial charge in [0.05, 0.1) is 0 Å². The van der Waals surface area contributed by atoms with Crippen molar-refractivity contribution in [2.75, 3.05) is 0 Å². The predicted molar refractivity (Wildman–Crippen MR) is 65.9 cm³/mol. The van der Waals surface area contributed by atoms with Crippen LogP contribution in [-0.4, -0.2) is 33.8 Å². The highest BCUT2D eigenvalue weighted by Gasteiger charge is 2.30. The van der Waals surface area contributed by atoms with Crippen molar-refractivity contribution in [3.05, 3.63) is 0 Å². The second kappa shape index (κ2) is 7.13. The van der Waals surface area contributed by atoms with Gasteiger partial charge in [0, 0.05) is 12.8 Å². The number of rotatable bonds is 2. The zero-order chi connectivity index (χ0) is 13.5. The molecule has 0 aromatic heterocycles. The standard InChI is InChI=1S/C13H21NO4/c1-10(13(17)18)14-11(15)8-6-4-2-3-5-7-9-12(14)16/h10H,2-9H2,1H3,(H,17,18)/t10-/m0/s1. The Hall–Kier alpha value is -1.39. The fourth-order valence-corrected chi connectivity index (χ4v) is 2.18. The summed E-state index contributed by atoms with van der Waals surface area (Å²) in [5.41, 5.74) is 0. The van der Waals surface area contributed by atoms with E-state index >= 15 is 0 Å². The van der Waals surface area contributed by atoms with Gasteiger partial charge in [0.15, 0.2) is 0 Å². The number of carbonyl (C=O) groups excluding carboxylic acids is 2. The molecule has 1 fully saturated rings.